The molecule has 2 heterocycles. The zero-order valence-corrected chi connectivity index (χ0v) is 14.3. The maximum atomic E-state index is 5.53. The van der Waals surface area contributed by atoms with Gasteiger partial charge in [-0.15, -0.1) is 0 Å². The Labute approximate surface area is 143 Å². The molecular weight excluding hydrogens is 300 g/mol. The minimum atomic E-state index is 0.245. The van der Waals surface area contributed by atoms with Crippen LogP contribution in [0.15, 0.2) is 36.4 Å². The van der Waals surface area contributed by atoms with Crippen molar-refractivity contribution in [1.29, 1.82) is 0 Å². The normalized spacial score (nSPS) is 22.4. The molecule has 4 rings (SSSR count). The predicted octanol–water partition coefficient (Wildman–Crippen LogP) is 2.78. The molecule has 2 unspecified atom stereocenters. The number of nitrogens with one attached hydrogen (secondary N) is 2. The molecule has 0 spiro atoms. The van der Waals surface area contributed by atoms with Gasteiger partial charge in [-0.05, 0) is 60.3 Å². The summed E-state index contributed by atoms with van der Waals surface area (Å²) in [6, 6.07) is 13.6. The highest BCUT2D eigenvalue weighted by Crippen LogP contribution is 2.41. The van der Waals surface area contributed by atoms with Crippen LogP contribution in [0.5, 0.6) is 11.5 Å². The SMILES string of the molecule is COc1cc2c(cc1OC)C(C1NCCc3ccccc31)NCC2. The lowest BCUT2D eigenvalue weighted by Crippen LogP contribution is -2.42. The second kappa shape index (κ2) is 6.46. The lowest BCUT2D eigenvalue weighted by atomic mass is 9.83. The Bertz CT molecular complexity index is 744. The first kappa shape index (κ1) is 15.5. The van der Waals surface area contributed by atoms with Crippen molar-refractivity contribution in [2.75, 3.05) is 27.3 Å². The zero-order valence-electron chi connectivity index (χ0n) is 14.3. The molecule has 0 amide bonds. The van der Waals surface area contributed by atoms with Gasteiger partial charge in [0.25, 0.3) is 0 Å². The second-order valence-electron chi connectivity index (χ2n) is 6.47. The molecule has 24 heavy (non-hydrogen) atoms. The summed E-state index contributed by atoms with van der Waals surface area (Å²) in [7, 11) is 3.39. The van der Waals surface area contributed by atoms with E-state index >= 15 is 0 Å². The smallest absolute Gasteiger partial charge is 0.161 e. The Morgan fingerprint density at radius 1 is 0.792 bits per heavy atom. The number of hydrogen-bond donors (Lipinski definition) is 2. The third kappa shape index (κ3) is 2.56. The lowest BCUT2D eigenvalue weighted by Gasteiger charge is -2.37. The van der Waals surface area contributed by atoms with Crippen molar-refractivity contribution in [2.24, 2.45) is 0 Å². The lowest BCUT2D eigenvalue weighted by molar-refractivity contribution is 0.341. The van der Waals surface area contributed by atoms with E-state index in [4.69, 9.17) is 9.47 Å². The van der Waals surface area contributed by atoms with E-state index in [1.54, 1.807) is 14.2 Å². The van der Waals surface area contributed by atoms with Crippen molar-refractivity contribution in [3.8, 4) is 11.5 Å². The minimum absolute atomic E-state index is 0.245. The number of methoxy groups -OCH3 is 2. The van der Waals surface area contributed by atoms with Gasteiger partial charge in [0.15, 0.2) is 11.5 Å². The molecule has 2 aliphatic heterocycles. The fourth-order valence-corrected chi connectivity index (χ4v) is 4.05. The predicted molar refractivity (Wildman–Crippen MR) is 94.9 cm³/mol. The van der Waals surface area contributed by atoms with Crippen LogP contribution in [0.1, 0.15) is 34.3 Å². The van der Waals surface area contributed by atoms with Crippen LogP contribution in [-0.2, 0) is 12.8 Å². The number of benzene rings is 2. The highest BCUT2D eigenvalue weighted by Gasteiger charge is 2.32. The van der Waals surface area contributed by atoms with Crippen molar-refractivity contribution in [3.63, 3.8) is 0 Å². The molecule has 0 saturated carbocycles. The van der Waals surface area contributed by atoms with Gasteiger partial charge >= 0.3 is 0 Å². The first-order chi connectivity index (χ1) is 11.8. The monoisotopic (exact) mass is 324 g/mol. The molecular formula is C20H24N2O2. The zero-order chi connectivity index (χ0) is 16.5. The molecule has 0 aliphatic carbocycles. The summed E-state index contributed by atoms with van der Waals surface area (Å²) in [4.78, 5) is 0. The first-order valence-electron chi connectivity index (χ1n) is 8.61. The van der Waals surface area contributed by atoms with Gasteiger partial charge < -0.3 is 20.1 Å². The van der Waals surface area contributed by atoms with Crippen molar-refractivity contribution in [1.82, 2.24) is 10.6 Å². The molecule has 2 aromatic carbocycles. The molecule has 2 aliphatic rings. The first-order valence-corrected chi connectivity index (χ1v) is 8.61. The highest BCUT2D eigenvalue weighted by atomic mass is 16.5. The van der Waals surface area contributed by atoms with E-state index in [1.165, 1.54) is 22.3 Å². The number of fused-ring (bicyclic) bond motifs is 2. The van der Waals surface area contributed by atoms with Gasteiger partial charge in [0.05, 0.1) is 26.3 Å². The summed E-state index contributed by atoms with van der Waals surface area (Å²) < 4.78 is 11.0. The molecule has 2 N–H and O–H groups in total. The van der Waals surface area contributed by atoms with E-state index in [2.05, 4.69) is 47.0 Å². The fourth-order valence-electron chi connectivity index (χ4n) is 4.05. The molecule has 0 fully saturated rings. The maximum Gasteiger partial charge on any atom is 0.161 e. The average Bonchev–Trinajstić information content (AvgIpc) is 2.66. The van der Waals surface area contributed by atoms with E-state index in [-0.39, 0.29) is 12.1 Å². The molecule has 2 aromatic rings. The van der Waals surface area contributed by atoms with Crippen LogP contribution in [-0.4, -0.2) is 27.3 Å². The summed E-state index contributed by atoms with van der Waals surface area (Å²) in [5.41, 5.74) is 5.52. The van der Waals surface area contributed by atoms with Crippen molar-refractivity contribution in [3.05, 3.63) is 58.7 Å². The van der Waals surface area contributed by atoms with Crippen LogP contribution in [0.25, 0.3) is 0 Å². The second-order valence-corrected chi connectivity index (χ2v) is 6.47. The van der Waals surface area contributed by atoms with Gasteiger partial charge in [-0.25, -0.2) is 0 Å². The van der Waals surface area contributed by atoms with Gasteiger partial charge in [-0.3, -0.25) is 0 Å². The van der Waals surface area contributed by atoms with E-state index in [1.807, 2.05) is 0 Å². The van der Waals surface area contributed by atoms with Crippen molar-refractivity contribution >= 4 is 0 Å². The minimum Gasteiger partial charge on any atom is -0.493 e. The number of rotatable bonds is 3. The third-order valence-corrected chi connectivity index (χ3v) is 5.22. The molecule has 2 atom stereocenters. The van der Waals surface area contributed by atoms with Crippen LogP contribution in [0, 0.1) is 0 Å². The Morgan fingerprint density at radius 3 is 2.17 bits per heavy atom. The molecule has 4 heteroatoms. The molecule has 126 valence electrons. The standard InChI is InChI=1S/C20H24N2O2/c1-23-17-11-14-8-10-22-20(16(14)12-18(17)24-2)19-15-6-4-3-5-13(15)7-9-21-19/h3-6,11-12,19-22H,7-10H2,1-2H3. The van der Waals surface area contributed by atoms with Crippen molar-refractivity contribution in [2.45, 2.75) is 24.9 Å². The van der Waals surface area contributed by atoms with Gasteiger partial charge in [0.1, 0.15) is 0 Å². The molecule has 0 radical (unpaired) electrons. The Hall–Kier alpha value is -2.04. The van der Waals surface area contributed by atoms with Gasteiger partial charge in [-0.1, -0.05) is 24.3 Å². The molecule has 4 nitrogen and oxygen atoms in total. The molecule has 0 bridgehead atoms. The van der Waals surface area contributed by atoms with Crippen LogP contribution < -0.4 is 20.1 Å². The number of hydrogen-bond acceptors (Lipinski definition) is 4. The van der Waals surface area contributed by atoms with E-state index in [0.717, 1.165) is 37.4 Å². The molecule has 0 aromatic heterocycles. The highest BCUT2D eigenvalue weighted by molar-refractivity contribution is 5.50. The summed E-state index contributed by atoms with van der Waals surface area (Å²) in [6.45, 7) is 2.00. The van der Waals surface area contributed by atoms with E-state index in [9.17, 15) is 0 Å². The number of ether oxygens (including phenoxy) is 2. The van der Waals surface area contributed by atoms with Crippen LogP contribution >= 0.6 is 0 Å². The van der Waals surface area contributed by atoms with Gasteiger partial charge in [-0.2, -0.15) is 0 Å². The van der Waals surface area contributed by atoms with Crippen LogP contribution in [0.3, 0.4) is 0 Å². The summed E-state index contributed by atoms with van der Waals surface area (Å²) in [5.74, 6) is 1.61. The third-order valence-electron chi connectivity index (χ3n) is 5.22. The van der Waals surface area contributed by atoms with E-state index < -0.39 is 0 Å². The summed E-state index contributed by atoms with van der Waals surface area (Å²) >= 11 is 0. The fraction of sp³-hybridized carbons (Fsp3) is 0.400. The van der Waals surface area contributed by atoms with Gasteiger partial charge in [0, 0.05) is 0 Å². The summed E-state index contributed by atoms with van der Waals surface area (Å²) in [5, 5.41) is 7.43. The van der Waals surface area contributed by atoms with Crippen LogP contribution in [0.2, 0.25) is 0 Å². The van der Waals surface area contributed by atoms with Crippen LogP contribution in [0.4, 0.5) is 0 Å². The molecule has 0 saturated heterocycles. The van der Waals surface area contributed by atoms with Crippen molar-refractivity contribution < 1.29 is 9.47 Å². The largest absolute Gasteiger partial charge is 0.493 e. The Morgan fingerprint density at radius 2 is 1.42 bits per heavy atom. The van der Waals surface area contributed by atoms with E-state index in [0.29, 0.717) is 0 Å². The topological polar surface area (TPSA) is 42.5 Å². The van der Waals surface area contributed by atoms with Gasteiger partial charge in [0.2, 0.25) is 0 Å². The Kier molecular flexibility index (Phi) is 4.17. The quantitative estimate of drug-likeness (QED) is 0.911. The maximum absolute atomic E-state index is 5.53. The Balaban J connectivity index is 1.77. The summed E-state index contributed by atoms with van der Waals surface area (Å²) in [6.07, 6.45) is 2.11. The average molecular weight is 324 g/mol.